The van der Waals surface area contributed by atoms with E-state index >= 15 is 0 Å². The molecule has 0 saturated carbocycles. The molecule has 4 aromatic carbocycles. The van der Waals surface area contributed by atoms with Gasteiger partial charge in [0.2, 0.25) is 5.91 Å². The normalized spacial score (nSPS) is 12.7. The van der Waals surface area contributed by atoms with Gasteiger partial charge in [0.1, 0.15) is 6.54 Å². The molecule has 1 amide bonds. The molecular formula is C78H120N2O9Si2. The number of amides is 1. The van der Waals surface area contributed by atoms with Crippen LogP contribution in [0.2, 0.25) is 10.1 Å². The zero-order valence-electron chi connectivity index (χ0n) is 57.9. The number of hydrogen-bond acceptors (Lipinski definition) is 9. The molecule has 0 saturated heterocycles. The molecule has 504 valence electrons. The van der Waals surface area contributed by atoms with Crippen LogP contribution in [0.4, 0.5) is 0 Å². The summed E-state index contributed by atoms with van der Waals surface area (Å²) in [6.45, 7) is 18.5. The standard InChI is InChI=1S/C39H59NO4Si.C36H54O3Si.C3H7NO2/c1-34(44-45(39(2,3)4,35-28-22-19-23-29-35)36-30-24-20-25-31-36)27-21-17-15-13-11-9-7-6-8-10-12-14-16-18-26-32-37(41)40-33-38(42)43-5;1-32(26-20-16-14-12-10-8-6-5-7-9-11-13-15-17-25-31-35(37)38)39-40(36(2,3)4,33-27-21-18-22-28-33)34-29-23-19-24-30-34;1-6-3(5)2-4/h13-16,19-20,22-25,28-31,34H,6-12,17-18,21,26-27,32-33H2,1-5H3,(H,40,41);12-15,18-19,21-24,27-30,32H,5-11,16-17,20,25-26,31H2,1-4H3,(H,37,38);2,4H2,1H3/b15-13-,16-14-;14-12-,15-13-;/t34-;32-;/m00./s1. The highest BCUT2D eigenvalue weighted by atomic mass is 28.4. The summed E-state index contributed by atoms with van der Waals surface area (Å²) in [4.78, 5) is 43.0. The second-order valence-electron chi connectivity index (χ2n) is 25.9. The summed E-state index contributed by atoms with van der Waals surface area (Å²) in [5.41, 5.74) is 4.81. The largest absolute Gasteiger partial charge is 0.481 e. The van der Waals surface area contributed by atoms with Gasteiger partial charge < -0.3 is 34.5 Å². The van der Waals surface area contributed by atoms with Crippen LogP contribution in [-0.4, -0.2) is 85.1 Å². The lowest BCUT2D eigenvalue weighted by atomic mass is 10.1. The van der Waals surface area contributed by atoms with Crippen molar-refractivity contribution in [3.8, 4) is 0 Å². The van der Waals surface area contributed by atoms with Gasteiger partial charge in [-0.2, -0.15) is 0 Å². The number of methoxy groups -OCH3 is 2. The Morgan fingerprint density at radius 1 is 0.429 bits per heavy atom. The van der Waals surface area contributed by atoms with E-state index in [0.717, 1.165) is 77.0 Å². The molecule has 2 atom stereocenters. The number of carbonyl (C=O) groups excluding carboxylic acids is 3. The van der Waals surface area contributed by atoms with E-state index in [-0.39, 0.29) is 53.7 Å². The second-order valence-corrected chi connectivity index (χ2v) is 34.4. The van der Waals surface area contributed by atoms with Gasteiger partial charge in [-0.25, -0.2) is 0 Å². The average Bonchev–Trinajstić information content (AvgIpc) is 0.777. The van der Waals surface area contributed by atoms with E-state index in [1.54, 1.807) is 0 Å². The summed E-state index contributed by atoms with van der Waals surface area (Å²) in [5.74, 6) is -1.60. The summed E-state index contributed by atoms with van der Waals surface area (Å²) in [7, 11) is -2.33. The highest BCUT2D eigenvalue weighted by Gasteiger charge is 2.52. The molecule has 0 aliphatic rings. The molecule has 0 heterocycles. The minimum Gasteiger partial charge on any atom is -0.481 e. The van der Waals surface area contributed by atoms with Crippen molar-refractivity contribution in [1.29, 1.82) is 0 Å². The molecule has 13 heteroatoms. The maximum atomic E-state index is 11.6. The van der Waals surface area contributed by atoms with E-state index in [1.165, 1.54) is 112 Å². The van der Waals surface area contributed by atoms with Gasteiger partial charge in [0, 0.05) is 25.0 Å². The van der Waals surface area contributed by atoms with Crippen molar-refractivity contribution in [2.45, 2.75) is 245 Å². The predicted octanol–water partition coefficient (Wildman–Crippen LogP) is 16.8. The fraction of sp³-hybridized carbons (Fsp3) is 0.538. The summed E-state index contributed by atoms with van der Waals surface area (Å²) >= 11 is 0. The molecule has 0 unspecified atom stereocenters. The van der Waals surface area contributed by atoms with Gasteiger partial charge in [-0.05, 0) is 160 Å². The third-order valence-electron chi connectivity index (χ3n) is 16.3. The van der Waals surface area contributed by atoms with Gasteiger partial charge >= 0.3 is 17.9 Å². The number of carbonyl (C=O) groups is 4. The lowest BCUT2D eigenvalue weighted by Gasteiger charge is -2.44. The molecule has 4 rings (SSSR count). The van der Waals surface area contributed by atoms with Crippen molar-refractivity contribution < 1.29 is 42.6 Å². The third-order valence-corrected chi connectivity index (χ3v) is 26.6. The van der Waals surface area contributed by atoms with Crippen LogP contribution >= 0.6 is 0 Å². The summed E-state index contributed by atoms with van der Waals surface area (Å²) in [6, 6.07) is 43.7. The Balaban J connectivity index is 0.000000571. The van der Waals surface area contributed by atoms with Gasteiger partial charge in [-0.1, -0.05) is 250 Å². The molecule has 0 aliphatic carbocycles. The van der Waals surface area contributed by atoms with Crippen molar-refractivity contribution in [2.75, 3.05) is 27.3 Å². The molecule has 0 bridgehead atoms. The average molecular weight is 1290 g/mol. The Kier molecular flexibility index (Phi) is 43.4. The number of hydrogen-bond donors (Lipinski definition) is 3. The highest BCUT2D eigenvalue weighted by molar-refractivity contribution is 7.00. The smallest absolute Gasteiger partial charge is 0.325 e. The minimum atomic E-state index is -2.48. The van der Waals surface area contributed by atoms with Crippen LogP contribution in [0.5, 0.6) is 0 Å². The number of carboxylic acids is 1. The van der Waals surface area contributed by atoms with Gasteiger partial charge in [-0.15, -0.1) is 0 Å². The van der Waals surface area contributed by atoms with Crippen molar-refractivity contribution in [2.24, 2.45) is 5.73 Å². The summed E-state index contributed by atoms with van der Waals surface area (Å²) in [6.07, 6.45) is 46.6. The zero-order valence-corrected chi connectivity index (χ0v) is 59.9. The molecule has 4 N–H and O–H groups in total. The van der Waals surface area contributed by atoms with Crippen LogP contribution in [0, 0.1) is 0 Å². The molecule has 91 heavy (non-hydrogen) atoms. The van der Waals surface area contributed by atoms with E-state index in [4.69, 9.17) is 19.7 Å². The van der Waals surface area contributed by atoms with E-state index in [2.05, 4.69) is 240 Å². The van der Waals surface area contributed by atoms with Crippen LogP contribution in [0.15, 0.2) is 170 Å². The Morgan fingerprint density at radius 3 is 0.967 bits per heavy atom. The van der Waals surface area contributed by atoms with Crippen LogP contribution in [0.3, 0.4) is 0 Å². The van der Waals surface area contributed by atoms with E-state index in [0.29, 0.717) is 6.42 Å². The van der Waals surface area contributed by atoms with Gasteiger partial charge in [0.25, 0.3) is 16.6 Å². The minimum absolute atomic E-state index is 0.0104. The summed E-state index contributed by atoms with van der Waals surface area (Å²) < 4.78 is 23.1. The maximum Gasteiger partial charge on any atom is 0.325 e. The molecular weight excluding hydrogens is 1170 g/mol. The van der Waals surface area contributed by atoms with Crippen LogP contribution < -0.4 is 31.8 Å². The molecule has 0 aliphatic heterocycles. The highest BCUT2D eigenvalue weighted by Crippen LogP contribution is 2.39. The monoisotopic (exact) mass is 1280 g/mol. The quantitative estimate of drug-likeness (QED) is 0.0168. The fourth-order valence-corrected chi connectivity index (χ4v) is 20.8. The van der Waals surface area contributed by atoms with Crippen molar-refractivity contribution in [3.05, 3.63) is 170 Å². The molecule has 0 radical (unpaired) electrons. The van der Waals surface area contributed by atoms with Gasteiger partial charge in [-0.3, -0.25) is 19.2 Å². The number of carboxylic acid groups (broad SMARTS) is 1. The van der Waals surface area contributed by atoms with Crippen LogP contribution in [-0.2, 0) is 37.5 Å². The SMILES string of the molecule is COC(=O)CN.COC(=O)CNC(=O)CCC/C=C\CCCCCCC/C=C\CCC[C@H](C)O[Si](c1ccccc1)(c1ccccc1)C(C)(C)C.C[C@@H](CCC/C=C\CCCCCCC/C=C\CCCC(=O)O)O[Si](c1ccccc1)(c1ccccc1)C(C)(C)C. The van der Waals surface area contributed by atoms with E-state index in [1.807, 2.05) is 0 Å². The zero-order chi connectivity index (χ0) is 66.9. The Labute approximate surface area is 553 Å². The third kappa shape index (κ3) is 34.0. The van der Waals surface area contributed by atoms with E-state index < -0.39 is 28.6 Å². The molecule has 0 fully saturated rings. The number of allylic oxidation sites excluding steroid dienone is 8. The number of rotatable bonds is 43. The number of unbranched alkanes of at least 4 members (excludes halogenated alkanes) is 16. The number of nitrogens with one attached hydrogen (secondary N) is 1. The Hall–Kier alpha value is -5.97. The maximum absolute atomic E-state index is 11.6. The van der Waals surface area contributed by atoms with Crippen molar-refractivity contribution in [3.63, 3.8) is 0 Å². The Morgan fingerprint density at radius 2 is 0.703 bits per heavy atom. The number of benzene rings is 4. The second kappa shape index (κ2) is 48.7. The lowest BCUT2D eigenvalue weighted by molar-refractivity contribution is -0.141. The number of nitrogens with two attached hydrogens (primary N) is 1. The predicted molar refractivity (Wildman–Crippen MR) is 387 cm³/mol. The molecule has 4 aromatic rings. The van der Waals surface area contributed by atoms with Gasteiger partial charge in [0.05, 0.1) is 20.8 Å². The first-order chi connectivity index (χ1) is 43.8. The lowest BCUT2D eigenvalue weighted by Crippen LogP contribution is -2.67. The fourth-order valence-electron chi connectivity index (χ4n) is 11.4. The Bertz CT molecular complexity index is 2550. The van der Waals surface area contributed by atoms with Gasteiger partial charge in [0.15, 0.2) is 0 Å². The van der Waals surface area contributed by atoms with Crippen molar-refractivity contribution >= 4 is 61.2 Å². The number of esters is 2. The van der Waals surface area contributed by atoms with E-state index in [9.17, 15) is 19.2 Å². The first-order valence-corrected chi connectivity index (χ1v) is 38.1. The van der Waals surface area contributed by atoms with Crippen molar-refractivity contribution in [1.82, 2.24) is 5.32 Å². The molecule has 0 aromatic heterocycles. The molecule has 0 spiro atoms. The number of ether oxygens (including phenoxy) is 2. The van der Waals surface area contributed by atoms with Crippen LogP contribution in [0.25, 0.3) is 0 Å². The number of aliphatic carboxylic acids is 1. The summed E-state index contributed by atoms with van der Waals surface area (Å²) in [5, 5.41) is 16.6. The first kappa shape index (κ1) is 81.1. The molecule has 11 nitrogen and oxygen atoms in total. The topological polar surface area (TPSA) is 163 Å². The van der Waals surface area contributed by atoms with Crippen LogP contribution in [0.1, 0.15) is 222 Å². The first-order valence-electron chi connectivity index (χ1n) is 34.3.